The molecule has 0 aromatic carbocycles. The minimum Gasteiger partial charge on any atom is -0.447 e. The second-order valence-corrected chi connectivity index (χ2v) is 6.13. The Morgan fingerprint density at radius 2 is 2.14 bits per heavy atom. The normalized spacial score (nSPS) is 42.9. The van der Waals surface area contributed by atoms with Crippen LogP contribution in [-0.4, -0.2) is 16.2 Å². The maximum Gasteiger partial charge on any atom is 0.320 e. The van der Waals surface area contributed by atoms with E-state index in [-0.39, 0.29) is 16.2 Å². The Hall–Kier alpha value is -0.180. The van der Waals surface area contributed by atoms with Crippen molar-refractivity contribution in [2.24, 2.45) is 5.92 Å². The Labute approximate surface area is 89.8 Å². The molecule has 1 atom stereocenters. The van der Waals surface area contributed by atoms with Gasteiger partial charge in [-0.05, 0) is 38.5 Å². The number of thioether (sulfide) groups is 1. The summed E-state index contributed by atoms with van der Waals surface area (Å²) in [5.41, 5.74) is 0. The summed E-state index contributed by atoms with van der Waals surface area (Å²) in [5, 5.41) is 0.0492. The van der Waals surface area contributed by atoms with Crippen molar-refractivity contribution in [2.75, 3.05) is 0 Å². The number of ether oxygens (including phenoxy) is 1. The van der Waals surface area contributed by atoms with Gasteiger partial charge in [-0.3, -0.25) is 4.79 Å². The van der Waals surface area contributed by atoms with Gasteiger partial charge in [0.15, 0.2) is 4.93 Å². The second kappa shape index (κ2) is 3.76. The zero-order valence-corrected chi connectivity index (χ0v) is 9.73. The standard InChI is InChI=1S/C11H18O2S/c1-3-9-4-6-11(7-5-9)13-10(12)8(2)14-11/h8-9H,3-7H2,1-2H3. The Balaban J connectivity index is 1.97. The van der Waals surface area contributed by atoms with Gasteiger partial charge in [0.1, 0.15) is 5.25 Å². The molecule has 1 heterocycles. The Kier molecular flexibility index (Phi) is 2.78. The molecule has 1 spiro atoms. The predicted octanol–water partition coefficient (Wildman–Crippen LogP) is 2.96. The molecule has 1 saturated carbocycles. The van der Waals surface area contributed by atoms with E-state index < -0.39 is 0 Å². The maximum atomic E-state index is 11.4. The molecule has 0 bridgehead atoms. The van der Waals surface area contributed by atoms with E-state index in [0.717, 1.165) is 18.8 Å². The molecular weight excluding hydrogens is 196 g/mol. The topological polar surface area (TPSA) is 26.3 Å². The summed E-state index contributed by atoms with van der Waals surface area (Å²) in [6.07, 6.45) is 5.84. The van der Waals surface area contributed by atoms with Crippen molar-refractivity contribution in [1.29, 1.82) is 0 Å². The highest BCUT2D eigenvalue weighted by atomic mass is 32.2. The van der Waals surface area contributed by atoms with Gasteiger partial charge in [-0.15, -0.1) is 0 Å². The lowest BCUT2D eigenvalue weighted by Gasteiger charge is -2.34. The first-order chi connectivity index (χ1) is 6.65. The van der Waals surface area contributed by atoms with E-state index in [1.165, 1.54) is 19.3 Å². The smallest absolute Gasteiger partial charge is 0.320 e. The van der Waals surface area contributed by atoms with Gasteiger partial charge in [-0.2, -0.15) is 0 Å². The van der Waals surface area contributed by atoms with Crippen LogP contribution in [0.3, 0.4) is 0 Å². The predicted molar refractivity (Wildman–Crippen MR) is 58.1 cm³/mol. The lowest BCUT2D eigenvalue weighted by atomic mass is 9.85. The van der Waals surface area contributed by atoms with Gasteiger partial charge in [-0.25, -0.2) is 0 Å². The lowest BCUT2D eigenvalue weighted by molar-refractivity contribution is -0.149. The highest BCUT2D eigenvalue weighted by Gasteiger charge is 2.47. The van der Waals surface area contributed by atoms with E-state index in [2.05, 4.69) is 6.92 Å². The van der Waals surface area contributed by atoms with Crippen LogP contribution in [0.1, 0.15) is 46.0 Å². The van der Waals surface area contributed by atoms with Crippen LogP contribution in [0.5, 0.6) is 0 Å². The monoisotopic (exact) mass is 214 g/mol. The first kappa shape index (κ1) is 10.3. The second-order valence-electron chi connectivity index (χ2n) is 4.44. The zero-order valence-electron chi connectivity index (χ0n) is 8.91. The van der Waals surface area contributed by atoms with Crippen LogP contribution in [0.4, 0.5) is 0 Å². The van der Waals surface area contributed by atoms with Crippen LogP contribution in [-0.2, 0) is 9.53 Å². The molecule has 1 saturated heterocycles. The number of rotatable bonds is 1. The summed E-state index contributed by atoms with van der Waals surface area (Å²) in [5.74, 6) is 0.848. The fourth-order valence-electron chi connectivity index (χ4n) is 2.41. The van der Waals surface area contributed by atoms with Crippen molar-refractivity contribution >= 4 is 17.7 Å². The van der Waals surface area contributed by atoms with Crippen LogP contribution in [0.25, 0.3) is 0 Å². The first-order valence-corrected chi connectivity index (χ1v) is 6.44. The third-order valence-electron chi connectivity index (χ3n) is 3.45. The van der Waals surface area contributed by atoms with Gasteiger partial charge in [0.25, 0.3) is 0 Å². The average molecular weight is 214 g/mol. The number of carbonyl (C=O) groups is 1. The molecule has 80 valence electrons. The van der Waals surface area contributed by atoms with Gasteiger partial charge >= 0.3 is 5.97 Å². The molecule has 0 amide bonds. The minimum absolute atomic E-state index is 0.00931. The summed E-state index contributed by atoms with van der Waals surface area (Å²) in [6, 6.07) is 0. The third kappa shape index (κ3) is 1.79. The largest absolute Gasteiger partial charge is 0.447 e. The molecule has 2 aliphatic rings. The van der Waals surface area contributed by atoms with E-state index in [0.29, 0.717) is 0 Å². The molecule has 0 aromatic rings. The van der Waals surface area contributed by atoms with Crippen LogP contribution in [0.2, 0.25) is 0 Å². The number of hydrogen-bond donors (Lipinski definition) is 0. The van der Waals surface area contributed by atoms with Crippen molar-refractivity contribution in [3.8, 4) is 0 Å². The summed E-state index contributed by atoms with van der Waals surface area (Å²) in [6.45, 7) is 4.20. The average Bonchev–Trinajstić information content (AvgIpc) is 2.44. The highest BCUT2D eigenvalue weighted by molar-refractivity contribution is 8.02. The zero-order chi connectivity index (χ0) is 10.2. The molecule has 2 rings (SSSR count). The number of esters is 1. The molecule has 1 unspecified atom stereocenters. The van der Waals surface area contributed by atoms with E-state index in [4.69, 9.17) is 4.74 Å². The summed E-state index contributed by atoms with van der Waals surface area (Å²) in [7, 11) is 0. The van der Waals surface area contributed by atoms with Crippen molar-refractivity contribution in [3.05, 3.63) is 0 Å². The minimum atomic E-state index is -0.137. The van der Waals surface area contributed by atoms with Gasteiger partial charge < -0.3 is 4.74 Å². The Morgan fingerprint density at radius 3 is 2.57 bits per heavy atom. The quantitative estimate of drug-likeness (QED) is 0.628. The summed E-state index contributed by atoms with van der Waals surface area (Å²) >= 11 is 1.74. The fraction of sp³-hybridized carbons (Fsp3) is 0.909. The molecule has 14 heavy (non-hydrogen) atoms. The molecule has 1 aliphatic heterocycles. The van der Waals surface area contributed by atoms with Crippen molar-refractivity contribution in [1.82, 2.24) is 0 Å². The van der Waals surface area contributed by atoms with E-state index in [9.17, 15) is 4.79 Å². The van der Waals surface area contributed by atoms with Crippen molar-refractivity contribution < 1.29 is 9.53 Å². The van der Waals surface area contributed by atoms with Crippen LogP contribution in [0.15, 0.2) is 0 Å². The molecule has 2 fully saturated rings. The van der Waals surface area contributed by atoms with Gasteiger partial charge in [-0.1, -0.05) is 25.1 Å². The van der Waals surface area contributed by atoms with Crippen molar-refractivity contribution in [2.45, 2.75) is 56.1 Å². The molecule has 3 heteroatoms. The third-order valence-corrected chi connectivity index (χ3v) is 4.92. The van der Waals surface area contributed by atoms with E-state index >= 15 is 0 Å². The Morgan fingerprint density at radius 1 is 1.50 bits per heavy atom. The molecular formula is C11H18O2S. The van der Waals surface area contributed by atoms with Gasteiger partial charge in [0.05, 0.1) is 0 Å². The van der Waals surface area contributed by atoms with E-state index in [1.54, 1.807) is 11.8 Å². The lowest BCUT2D eigenvalue weighted by Crippen LogP contribution is -2.31. The molecule has 0 N–H and O–H groups in total. The highest BCUT2D eigenvalue weighted by Crippen LogP contribution is 2.49. The van der Waals surface area contributed by atoms with Crippen LogP contribution >= 0.6 is 11.8 Å². The summed E-state index contributed by atoms with van der Waals surface area (Å²) < 4.78 is 5.52. The summed E-state index contributed by atoms with van der Waals surface area (Å²) in [4.78, 5) is 11.2. The number of hydrogen-bond acceptors (Lipinski definition) is 3. The Bertz CT molecular complexity index is 231. The van der Waals surface area contributed by atoms with Crippen molar-refractivity contribution in [3.63, 3.8) is 0 Å². The fourth-order valence-corrected chi connectivity index (χ4v) is 3.80. The van der Waals surface area contributed by atoms with E-state index in [1.807, 2.05) is 6.92 Å². The molecule has 0 radical (unpaired) electrons. The van der Waals surface area contributed by atoms with Gasteiger partial charge in [0, 0.05) is 0 Å². The first-order valence-electron chi connectivity index (χ1n) is 5.56. The molecule has 1 aliphatic carbocycles. The molecule has 0 aromatic heterocycles. The maximum absolute atomic E-state index is 11.4. The number of carbonyl (C=O) groups excluding carboxylic acids is 1. The SMILES string of the molecule is CCC1CCC2(CC1)OC(=O)C(C)S2. The molecule has 2 nitrogen and oxygen atoms in total. The van der Waals surface area contributed by atoms with Crippen LogP contribution in [0, 0.1) is 5.92 Å². The van der Waals surface area contributed by atoms with Crippen LogP contribution < -0.4 is 0 Å². The van der Waals surface area contributed by atoms with Gasteiger partial charge in [0.2, 0.25) is 0 Å².